The number of hydrogen-bond acceptors (Lipinski definition) is 3. The molecule has 1 aliphatic heterocycles. The molecule has 5 N–H and O–H groups in total. The van der Waals surface area contributed by atoms with E-state index in [0.29, 0.717) is 6.54 Å². The zero-order valence-corrected chi connectivity index (χ0v) is 14.5. The molecule has 0 aromatic heterocycles. The molecular weight excluding hydrogens is 304 g/mol. The highest BCUT2D eigenvalue weighted by atomic mass is 16.2. The molecule has 1 unspecified atom stereocenters. The molecule has 1 aliphatic rings. The molecule has 6 nitrogen and oxygen atoms in total. The Morgan fingerprint density at radius 1 is 1.29 bits per heavy atom. The lowest BCUT2D eigenvalue weighted by Crippen LogP contribution is -2.44. The van der Waals surface area contributed by atoms with E-state index >= 15 is 0 Å². The molecule has 2 rings (SSSR count). The van der Waals surface area contributed by atoms with Gasteiger partial charge in [-0.3, -0.25) is 4.79 Å². The molecule has 0 bridgehead atoms. The summed E-state index contributed by atoms with van der Waals surface area (Å²) in [4.78, 5) is 23.7. The van der Waals surface area contributed by atoms with Gasteiger partial charge in [-0.15, -0.1) is 0 Å². The second-order valence-corrected chi connectivity index (χ2v) is 6.96. The minimum atomic E-state index is -0.624. The van der Waals surface area contributed by atoms with Crippen LogP contribution in [0.1, 0.15) is 43.4 Å². The number of carbonyl (C=O) groups is 2. The van der Waals surface area contributed by atoms with E-state index in [4.69, 9.17) is 5.73 Å². The van der Waals surface area contributed by atoms with Gasteiger partial charge in [-0.05, 0) is 49.4 Å². The fraction of sp³-hybridized carbons (Fsp3) is 0.556. The van der Waals surface area contributed by atoms with Gasteiger partial charge in [-0.2, -0.15) is 0 Å². The van der Waals surface area contributed by atoms with Crippen LogP contribution in [-0.4, -0.2) is 31.6 Å². The number of primary amides is 1. The van der Waals surface area contributed by atoms with Crippen LogP contribution in [-0.2, 0) is 4.79 Å². The number of rotatable bonds is 6. The molecule has 1 aromatic carbocycles. The summed E-state index contributed by atoms with van der Waals surface area (Å²) in [5.74, 6) is -0.0724. The van der Waals surface area contributed by atoms with Gasteiger partial charge in [0, 0.05) is 6.54 Å². The van der Waals surface area contributed by atoms with Crippen molar-refractivity contribution in [3.05, 3.63) is 35.4 Å². The van der Waals surface area contributed by atoms with E-state index in [2.05, 4.69) is 22.9 Å². The molecule has 132 valence electrons. The second-order valence-electron chi connectivity index (χ2n) is 6.96. The van der Waals surface area contributed by atoms with E-state index in [-0.39, 0.29) is 17.7 Å². The van der Waals surface area contributed by atoms with E-state index in [9.17, 15) is 9.59 Å². The first-order chi connectivity index (χ1) is 11.4. The van der Waals surface area contributed by atoms with Gasteiger partial charge in [-0.1, -0.05) is 31.2 Å². The third-order valence-electron chi connectivity index (χ3n) is 4.79. The zero-order chi connectivity index (χ0) is 17.6. The number of aryl methyl sites for hydroxylation is 1. The van der Waals surface area contributed by atoms with Gasteiger partial charge in [0.15, 0.2) is 0 Å². The van der Waals surface area contributed by atoms with Gasteiger partial charge in [0.2, 0.25) is 5.91 Å². The Bertz CT molecular complexity index is 582. The lowest BCUT2D eigenvalue weighted by molar-refractivity contribution is -0.122. The molecule has 1 saturated heterocycles. The minimum Gasteiger partial charge on any atom is -0.355 e. The van der Waals surface area contributed by atoms with Crippen molar-refractivity contribution < 1.29 is 9.59 Å². The molecule has 0 aliphatic carbocycles. The first-order valence-corrected chi connectivity index (χ1v) is 8.48. The van der Waals surface area contributed by atoms with Gasteiger partial charge in [0.05, 0.1) is 12.5 Å². The molecule has 3 amide bonds. The van der Waals surface area contributed by atoms with E-state index in [0.717, 1.165) is 37.1 Å². The highest BCUT2D eigenvalue weighted by Crippen LogP contribution is 2.27. The van der Waals surface area contributed by atoms with Crippen LogP contribution in [0.2, 0.25) is 0 Å². The molecule has 1 aromatic rings. The van der Waals surface area contributed by atoms with E-state index < -0.39 is 12.1 Å². The number of amides is 3. The summed E-state index contributed by atoms with van der Waals surface area (Å²) in [6.07, 6.45) is 2.28. The average molecular weight is 332 g/mol. The zero-order valence-electron chi connectivity index (χ0n) is 14.5. The van der Waals surface area contributed by atoms with Crippen LogP contribution >= 0.6 is 0 Å². The minimum absolute atomic E-state index is 0.0724. The molecule has 0 spiro atoms. The van der Waals surface area contributed by atoms with E-state index in [1.807, 2.05) is 31.2 Å². The number of nitrogens with one attached hydrogen (secondary N) is 3. The summed E-state index contributed by atoms with van der Waals surface area (Å²) in [6.45, 7) is 6.79. The third-order valence-corrected chi connectivity index (χ3v) is 4.79. The van der Waals surface area contributed by atoms with Gasteiger partial charge < -0.3 is 21.7 Å². The van der Waals surface area contributed by atoms with E-state index in [1.54, 1.807) is 0 Å². The fourth-order valence-electron chi connectivity index (χ4n) is 3.16. The third kappa shape index (κ3) is 5.23. The van der Waals surface area contributed by atoms with Crippen LogP contribution in [0.4, 0.5) is 4.79 Å². The summed E-state index contributed by atoms with van der Waals surface area (Å²) in [5, 5.41) is 9.05. The van der Waals surface area contributed by atoms with Crippen molar-refractivity contribution in [2.45, 2.75) is 39.2 Å². The number of hydrogen-bond donors (Lipinski definition) is 4. The molecule has 1 heterocycles. The largest absolute Gasteiger partial charge is 0.355 e. The van der Waals surface area contributed by atoms with Crippen molar-refractivity contribution in [1.29, 1.82) is 0 Å². The lowest BCUT2D eigenvalue weighted by Gasteiger charge is -2.34. The average Bonchev–Trinajstić information content (AvgIpc) is 2.53. The molecule has 1 fully saturated rings. The fourth-order valence-corrected chi connectivity index (χ4v) is 3.16. The summed E-state index contributed by atoms with van der Waals surface area (Å²) >= 11 is 0. The lowest BCUT2D eigenvalue weighted by atomic mass is 9.81. The van der Waals surface area contributed by atoms with Crippen molar-refractivity contribution in [2.75, 3.05) is 19.6 Å². The van der Waals surface area contributed by atoms with Crippen LogP contribution < -0.4 is 21.7 Å². The van der Waals surface area contributed by atoms with Gasteiger partial charge >= 0.3 is 6.03 Å². The predicted octanol–water partition coefficient (Wildman–Crippen LogP) is 1.60. The molecule has 0 radical (unpaired) electrons. The van der Waals surface area contributed by atoms with Crippen molar-refractivity contribution in [3.63, 3.8) is 0 Å². The SMILES string of the molecule is Cc1ccccc1C(CC(=O)NCC1(C)CCNCC1)NC(N)=O. The highest BCUT2D eigenvalue weighted by molar-refractivity contribution is 5.79. The van der Waals surface area contributed by atoms with Crippen molar-refractivity contribution in [3.8, 4) is 0 Å². The predicted molar refractivity (Wildman–Crippen MR) is 94.5 cm³/mol. The first kappa shape index (κ1) is 18.3. The van der Waals surface area contributed by atoms with Crippen LogP contribution in [0.3, 0.4) is 0 Å². The van der Waals surface area contributed by atoms with Crippen molar-refractivity contribution in [2.24, 2.45) is 11.1 Å². The maximum atomic E-state index is 12.4. The Labute approximate surface area is 143 Å². The Balaban J connectivity index is 1.97. The smallest absolute Gasteiger partial charge is 0.312 e. The quantitative estimate of drug-likeness (QED) is 0.637. The summed E-state index contributed by atoms with van der Waals surface area (Å²) in [5.41, 5.74) is 7.35. The highest BCUT2D eigenvalue weighted by Gasteiger charge is 2.27. The first-order valence-electron chi connectivity index (χ1n) is 8.48. The normalized spacial score (nSPS) is 17.8. The molecule has 24 heavy (non-hydrogen) atoms. The second kappa shape index (κ2) is 8.15. The summed E-state index contributed by atoms with van der Waals surface area (Å²) < 4.78 is 0. The monoisotopic (exact) mass is 332 g/mol. The molecule has 6 heteroatoms. The summed E-state index contributed by atoms with van der Waals surface area (Å²) in [6, 6.07) is 6.66. The Morgan fingerprint density at radius 2 is 1.96 bits per heavy atom. The van der Waals surface area contributed by atoms with Gasteiger partial charge in [-0.25, -0.2) is 4.79 Å². The topological polar surface area (TPSA) is 96.2 Å². The van der Waals surface area contributed by atoms with Gasteiger partial charge in [0.25, 0.3) is 0 Å². The number of carbonyl (C=O) groups excluding carboxylic acids is 2. The van der Waals surface area contributed by atoms with E-state index in [1.165, 1.54) is 0 Å². The van der Waals surface area contributed by atoms with Crippen molar-refractivity contribution in [1.82, 2.24) is 16.0 Å². The number of piperidine rings is 1. The Hall–Kier alpha value is -2.08. The Morgan fingerprint density at radius 3 is 2.58 bits per heavy atom. The maximum absolute atomic E-state index is 12.4. The van der Waals surface area contributed by atoms with Crippen molar-refractivity contribution >= 4 is 11.9 Å². The molecule has 0 saturated carbocycles. The van der Waals surface area contributed by atoms with Crippen LogP contribution in [0.15, 0.2) is 24.3 Å². The number of nitrogens with two attached hydrogens (primary N) is 1. The van der Waals surface area contributed by atoms with Crippen LogP contribution in [0.25, 0.3) is 0 Å². The number of benzene rings is 1. The number of urea groups is 1. The maximum Gasteiger partial charge on any atom is 0.312 e. The van der Waals surface area contributed by atoms with Crippen LogP contribution in [0.5, 0.6) is 0 Å². The Kier molecular flexibility index (Phi) is 6.20. The molecule has 1 atom stereocenters. The van der Waals surface area contributed by atoms with Gasteiger partial charge in [0.1, 0.15) is 0 Å². The molecular formula is C18H28N4O2. The standard InChI is InChI=1S/C18H28N4O2/c1-13-5-3-4-6-14(13)15(22-17(19)24)11-16(23)21-12-18(2)7-9-20-10-8-18/h3-6,15,20H,7-12H2,1-2H3,(H,21,23)(H3,19,22,24). The summed E-state index contributed by atoms with van der Waals surface area (Å²) in [7, 11) is 0. The van der Waals surface area contributed by atoms with Crippen LogP contribution in [0, 0.1) is 12.3 Å².